The number of nitrogens with zero attached hydrogens (tertiary/aromatic N) is 2. The number of anilines is 3. The van der Waals surface area contributed by atoms with E-state index < -0.39 is 51.5 Å². The van der Waals surface area contributed by atoms with Gasteiger partial charge in [0.2, 0.25) is 0 Å². The Morgan fingerprint density at radius 3 is 2.41 bits per heavy atom. The highest BCUT2D eigenvalue weighted by Crippen LogP contribution is 2.39. The Hall–Kier alpha value is -3.09. The Bertz CT molecular complexity index is 1670. The quantitative estimate of drug-likeness (QED) is 0.207. The molecule has 222 valence electrons. The fourth-order valence-electron chi connectivity index (χ4n) is 3.39. The third kappa shape index (κ3) is 7.60. The highest BCUT2D eigenvalue weighted by molar-refractivity contribution is 14.1. The molecule has 0 bridgehead atoms. The van der Waals surface area contributed by atoms with Crippen molar-refractivity contribution in [3.05, 3.63) is 72.3 Å². The molecule has 0 aliphatic rings. The molecule has 0 aliphatic heterocycles. The van der Waals surface area contributed by atoms with Crippen LogP contribution in [0.1, 0.15) is 15.9 Å². The van der Waals surface area contributed by atoms with Gasteiger partial charge in [0.05, 0.1) is 16.9 Å². The second-order valence-corrected chi connectivity index (χ2v) is 12.2. The van der Waals surface area contributed by atoms with Crippen molar-refractivity contribution in [3.63, 3.8) is 0 Å². The van der Waals surface area contributed by atoms with Crippen LogP contribution in [0.3, 0.4) is 0 Å². The highest BCUT2D eigenvalue weighted by Gasteiger charge is 2.32. The lowest BCUT2D eigenvalue weighted by Gasteiger charge is -2.22. The molecule has 3 rings (SSSR count). The maximum atomic E-state index is 14.7. The van der Waals surface area contributed by atoms with E-state index in [4.69, 9.17) is 16.3 Å². The van der Waals surface area contributed by atoms with Gasteiger partial charge in [-0.2, -0.15) is 25.9 Å². The number of halogens is 6. The molecule has 0 spiro atoms. The minimum atomic E-state index is -4.77. The Morgan fingerprint density at radius 1 is 1.17 bits per heavy atom. The number of nitrogens with one attached hydrogen (secondary N) is 3. The van der Waals surface area contributed by atoms with Crippen molar-refractivity contribution in [2.45, 2.75) is 13.1 Å². The molecule has 3 N–H and O–H groups in total. The highest BCUT2D eigenvalue weighted by atomic mass is 127. The van der Waals surface area contributed by atoms with E-state index in [9.17, 15) is 35.6 Å². The van der Waals surface area contributed by atoms with Gasteiger partial charge in [-0.05, 0) is 59.8 Å². The summed E-state index contributed by atoms with van der Waals surface area (Å²) in [6.45, 7) is -0.451. The monoisotopic (exact) mass is 731 g/mol. The van der Waals surface area contributed by atoms with Gasteiger partial charge in [-0.1, -0.05) is 17.7 Å². The number of ether oxygens (including phenoxy) is 1. The first kappa shape index (κ1) is 32.4. The molecule has 0 aliphatic carbocycles. The first-order valence-electron chi connectivity index (χ1n) is 11.4. The predicted molar refractivity (Wildman–Crippen MR) is 155 cm³/mol. The molecule has 1 amide bonds. The van der Waals surface area contributed by atoms with Crippen LogP contribution < -0.4 is 25.7 Å². The molecule has 1 aromatic heterocycles. The van der Waals surface area contributed by atoms with Crippen LogP contribution in [0, 0.1) is 16.3 Å². The standard InChI is InChI=1S/C24H23ClF4IN5O5S/c1-12-20(40-17-7-5-6-16(19(17)25)33-41(38,39)34(2)3)18(22(36)31-11-24(27,28)29)21(35(4)23(12)37)32-15-9-8-13(30)10-14(15)26/h5-10,32-33H,11H2,1-4H3,(H,31,36). The van der Waals surface area contributed by atoms with E-state index >= 15 is 0 Å². The Kier molecular flexibility index (Phi) is 9.82. The van der Waals surface area contributed by atoms with Crippen molar-refractivity contribution in [1.29, 1.82) is 0 Å². The number of amides is 1. The largest absolute Gasteiger partial charge is 0.454 e. The first-order valence-corrected chi connectivity index (χ1v) is 14.3. The predicted octanol–water partition coefficient (Wildman–Crippen LogP) is 5.14. The normalized spacial score (nSPS) is 11.9. The van der Waals surface area contributed by atoms with Crippen LogP contribution in [-0.4, -0.2) is 50.0 Å². The summed E-state index contributed by atoms with van der Waals surface area (Å²) in [5.41, 5.74) is -1.81. The smallest absolute Gasteiger partial charge is 0.405 e. The van der Waals surface area contributed by atoms with Crippen LogP contribution in [0.15, 0.2) is 41.2 Å². The van der Waals surface area contributed by atoms with Crippen molar-refractivity contribution in [3.8, 4) is 11.5 Å². The number of carbonyl (C=O) groups excluding carboxylic acids is 1. The van der Waals surface area contributed by atoms with E-state index in [0.29, 0.717) is 3.57 Å². The van der Waals surface area contributed by atoms with E-state index in [-0.39, 0.29) is 33.5 Å². The number of pyridine rings is 1. The molecule has 2 aromatic carbocycles. The molecule has 0 saturated heterocycles. The SMILES string of the molecule is Cc1c(Oc2cccc(NS(=O)(=O)N(C)C)c2Cl)c(C(=O)NCC(F)(F)F)c(Nc2ccc(I)cc2F)n(C)c1=O. The fourth-order valence-corrected chi connectivity index (χ4v) is 4.75. The van der Waals surface area contributed by atoms with Crippen LogP contribution in [0.5, 0.6) is 11.5 Å². The third-order valence-electron chi connectivity index (χ3n) is 5.52. The lowest BCUT2D eigenvalue weighted by atomic mass is 10.1. The van der Waals surface area contributed by atoms with Crippen molar-refractivity contribution >= 4 is 67.5 Å². The summed E-state index contributed by atoms with van der Waals surface area (Å²) in [4.78, 5) is 26.4. The van der Waals surface area contributed by atoms with Gasteiger partial charge < -0.3 is 15.4 Å². The Labute approximate surface area is 250 Å². The first-order chi connectivity index (χ1) is 18.9. The molecule has 0 radical (unpaired) electrons. The van der Waals surface area contributed by atoms with Gasteiger partial charge in [-0.3, -0.25) is 18.9 Å². The van der Waals surface area contributed by atoms with E-state index in [1.807, 2.05) is 22.6 Å². The van der Waals surface area contributed by atoms with Crippen LogP contribution in [0.2, 0.25) is 5.02 Å². The van der Waals surface area contributed by atoms with Crippen molar-refractivity contribution in [1.82, 2.24) is 14.2 Å². The van der Waals surface area contributed by atoms with E-state index in [0.717, 1.165) is 14.9 Å². The van der Waals surface area contributed by atoms with Crippen molar-refractivity contribution < 1.29 is 35.5 Å². The molecule has 0 unspecified atom stereocenters. The maximum Gasteiger partial charge on any atom is 0.405 e. The maximum absolute atomic E-state index is 14.7. The third-order valence-corrected chi connectivity index (χ3v) is 8.02. The molecule has 1 heterocycles. The van der Waals surface area contributed by atoms with Crippen LogP contribution in [0.4, 0.5) is 34.8 Å². The van der Waals surface area contributed by atoms with Gasteiger partial charge in [-0.25, -0.2) is 4.39 Å². The zero-order chi connectivity index (χ0) is 30.9. The van der Waals surface area contributed by atoms with Gasteiger partial charge in [-0.15, -0.1) is 0 Å². The average molecular weight is 732 g/mol. The number of carbonyl (C=O) groups is 1. The van der Waals surface area contributed by atoms with Gasteiger partial charge in [0.25, 0.3) is 11.5 Å². The summed E-state index contributed by atoms with van der Waals surface area (Å²) in [6.07, 6.45) is -4.77. The summed E-state index contributed by atoms with van der Waals surface area (Å²) in [5.74, 6) is -3.17. The zero-order valence-electron chi connectivity index (χ0n) is 21.8. The molecule has 0 fully saturated rings. The molecule has 10 nitrogen and oxygen atoms in total. The van der Waals surface area contributed by atoms with E-state index in [1.165, 1.54) is 58.4 Å². The number of hydrogen-bond donors (Lipinski definition) is 3. The number of rotatable bonds is 9. The molecular formula is C24H23ClF4IN5O5S. The second kappa shape index (κ2) is 12.4. The zero-order valence-corrected chi connectivity index (χ0v) is 25.5. The minimum Gasteiger partial charge on any atom is -0.454 e. The number of aromatic nitrogens is 1. The molecule has 41 heavy (non-hydrogen) atoms. The van der Waals surface area contributed by atoms with Gasteiger partial charge in [0.1, 0.15) is 34.5 Å². The minimum absolute atomic E-state index is 0.123. The topological polar surface area (TPSA) is 122 Å². The summed E-state index contributed by atoms with van der Waals surface area (Å²) < 4.78 is 88.7. The number of alkyl halides is 3. The summed E-state index contributed by atoms with van der Waals surface area (Å²) in [7, 11) is -0.221. The molecule has 17 heteroatoms. The lowest BCUT2D eigenvalue weighted by molar-refractivity contribution is -0.123. The van der Waals surface area contributed by atoms with Crippen LogP contribution in [-0.2, 0) is 17.3 Å². The molecule has 3 aromatic rings. The van der Waals surface area contributed by atoms with Crippen LogP contribution >= 0.6 is 34.2 Å². The summed E-state index contributed by atoms with van der Waals surface area (Å²) in [6, 6.07) is 7.97. The lowest BCUT2D eigenvalue weighted by Crippen LogP contribution is -2.36. The van der Waals surface area contributed by atoms with Crippen molar-refractivity contribution in [2.75, 3.05) is 30.7 Å². The Morgan fingerprint density at radius 2 is 1.83 bits per heavy atom. The van der Waals surface area contributed by atoms with Gasteiger partial charge >= 0.3 is 16.4 Å². The van der Waals surface area contributed by atoms with Gasteiger partial charge in [0, 0.05) is 24.7 Å². The Balaban J connectivity index is 2.23. The number of benzene rings is 2. The fraction of sp³-hybridized carbons (Fsp3) is 0.250. The van der Waals surface area contributed by atoms with E-state index in [2.05, 4.69) is 10.0 Å². The van der Waals surface area contributed by atoms with Crippen molar-refractivity contribution in [2.24, 2.45) is 7.05 Å². The summed E-state index contributed by atoms with van der Waals surface area (Å²) >= 11 is 8.25. The molecule has 0 saturated carbocycles. The molecular weight excluding hydrogens is 709 g/mol. The number of hydrogen-bond acceptors (Lipinski definition) is 6. The van der Waals surface area contributed by atoms with Gasteiger partial charge in [0.15, 0.2) is 5.75 Å². The van der Waals surface area contributed by atoms with E-state index in [1.54, 1.807) is 5.32 Å². The van der Waals surface area contributed by atoms with Crippen LogP contribution in [0.25, 0.3) is 0 Å². The average Bonchev–Trinajstić information content (AvgIpc) is 2.87. The molecule has 0 atom stereocenters. The second-order valence-electron chi connectivity index (χ2n) is 8.70. The summed E-state index contributed by atoms with van der Waals surface area (Å²) in [5, 5.41) is 4.06.